The molecule has 162 valence electrons. The minimum Gasteiger partial charge on any atom is -0.493 e. The summed E-state index contributed by atoms with van der Waals surface area (Å²) in [5.41, 5.74) is 2.55. The molecule has 1 heterocycles. The zero-order valence-corrected chi connectivity index (χ0v) is 19.4. The first-order valence-corrected chi connectivity index (χ1v) is 11.0. The highest BCUT2D eigenvalue weighted by molar-refractivity contribution is 8.26. The van der Waals surface area contributed by atoms with Crippen molar-refractivity contribution in [1.82, 2.24) is 4.90 Å². The molecule has 0 bridgehead atoms. The molecule has 0 atom stereocenters. The number of methoxy groups -OCH3 is 1. The van der Waals surface area contributed by atoms with E-state index in [0.29, 0.717) is 20.7 Å². The van der Waals surface area contributed by atoms with E-state index < -0.39 is 0 Å². The Balaban J connectivity index is 1.68. The van der Waals surface area contributed by atoms with Crippen molar-refractivity contribution in [3.8, 4) is 11.5 Å². The molecular formula is C23H24N2O4S2. The monoisotopic (exact) mass is 456 g/mol. The molecule has 1 saturated heterocycles. The molecule has 0 radical (unpaired) electrons. The molecule has 0 saturated carbocycles. The predicted octanol–water partition coefficient (Wildman–Crippen LogP) is 4.63. The molecule has 31 heavy (non-hydrogen) atoms. The fraction of sp³-hybridized carbons (Fsp3) is 0.261. The van der Waals surface area contributed by atoms with Crippen LogP contribution in [-0.4, -0.2) is 40.8 Å². The number of thioether (sulfide) groups is 1. The summed E-state index contributed by atoms with van der Waals surface area (Å²) in [6.45, 7) is 5.66. The van der Waals surface area contributed by atoms with Crippen molar-refractivity contribution in [3.05, 3.63) is 58.5 Å². The van der Waals surface area contributed by atoms with Crippen LogP contribution in [0.4, 0.5) is 5.69 Å². The summed E-state index contributed by atoms with van der Waals surface area (Å²) in [6.07, 6.45) is 1.78. The Bertz CT molecular complexity index is 1050. The van der Waals surface area contributed by atoms with Gasteiger partial charge in [-0.05, 0) is 62.2 Å². The lowest BCUT2D eigenvalue weighted by Gasteiger charge is -2.18. The fourth-order valence-electron chi connectivity index (χ4n) is 3.03. The molecule has 3 rings (SSSR count). The molecule has 0 aromatic heterocycles. The molecule has 2 amide bonds. The van der Waals surface area contributed by atoms with Crippen molar-refractivity contribution in [2.75, 3.05) is 19.0 Å². The van der Waals surface area contributed by atoms with E-state index in [4.69, 9.17) is 21.7 Å². The van der Waals surface area contributed by atoms with E-state index >= 15 is 0 Å². The van der Waals surface area contributed by atoms with Crippen molar-refractivity contribution in [2.24, 2.45) is 0 Å². The minimum atomic E-state index is -0.269. The average molecular weight is 457 g/mol. The van der Waals surface area contributed by atoms with Gasteiger partial charge in [0.25, 0.3) is 11.8 Å². The largest absolute Gasteiger partial charge is 0.493 e. The molecule has 0 unspecified atom stereocenters. The van der Waals surface area contributed by atoms with Crippen LogP contribution in [0.2, 0.25) is 0 Å². The molecule has 6 nitrogen and oxygen atoms in total. The molecule has 8 heteroatoms. The third-order valence-electron chi connectivity index (χ3n) is 4.49. The Labute approximate surface area is 191 Å². The van der Waals surface area contributed by atoms with Gasteiger partial charge in [-0.3, -0.25) is 14.5 Å². The lowest BCUT2D eigenvalue weighted by Crippen LogP contribution is -2.34. The molecule has 1 aliphatic rings. The second kappa shape index (κ2) is 9.98. The van der Waals surface area contributed by atoms with Crippen LogP contribution in [0, 0.1) is 6.92 Å². The summed E-state index contributed by atoms with van der Waals surface area (Å²) in [6, 6.07) is 12.8. The first-order valence-electron chi connectivity index (χ1n) is 9.73. The van der Waals surface area contributed by atoms with Gasteiger partial charge in [-0.1, -0.05) is 42.2 Å². The van der Waals surface area contributed by atoms with Gasteiger partial charge in [0, 0.05) is 11.7 Å². The SMILES string of the molecule is COc1cc(/C=C2\SC(=S)N(C(C)C)C2=O)ccc1OCC(=O)Nc1cccc(C)c1. The maximum atomic E-state index is 12.6. The smallest absolute Gasteiger partial charge is 0.266 e. The summed E-state index contributed by atoms with van der Waals surface area (Å²) < 4.78 is 11.6. The van der Waals surface area contributed by atoms with Gasteiger partial charge >= 0.3 is 0 Å². The van der Waals surface area contributed by atoms with E-state index in [2.05, 4.69) is 5.32 Å². The number of rotatable bonds is 7. The van der Waals surface area contributed by atoms with Crippen molar-refractivity contribution in [1.29, 1.82) is 0 Å². The van der Waals surface area contributed by atoms with Gasteiger partial charge in [-0.15, -0.1) is 0 Å². The third kappa shape index (κ3) is 5.65. The van der Waals surface area contributed by atoms with Gasteiger partial charge in [0.2, 0.25) is 0 Å². The van der Waals surface area contributed by atoms with Crippen LogP contribution in [0.1, 0.15) is 25.0 Å². The van der Waals surface area contributed by atoms with Crippen LogP contribution in [0.5, 0.6) is 11.5 Å². The molecule has 0 spiro atoms. The van der Waals surface area contributed by atoms with E-state index in [1.807, 2.05) is 45.0 Å². The number of ether oxygens (including phenoxy) is 2. The van der Waals surface area contributed by atoms with E-state index in [9.17, 15) is 9.59 Å². The number of hydrogen-bond acceptors (Lipinski definition) is 6. The molecule has 1 N–H and O–H groups in total. The van der Waals surface area contributed by atoms with Crippen LogP contribution in [0.3, 0.4) is 0 Å². The Morgan fingerprint density at radius 2 is 2.00 bits per heavy atom. The van der Waals surface area contributed by atoms with Crippen molar-refractivity contribution in [2.45, 2.75) is 26.8 Å². The molecule has 1 fully saturated rings. The van der Waals surface area contributed by atoms with Crippen LogP contribution < -0.4 is 14.8 Å². The number of benzene rings is 2. The maximum Gasteiger partial charge on any atom is 0.266 e. The Kier molecular flexibility index (Phi) is 7.35. The van der Waals surface area contributed by atoms with Crippen molar-refractivity contribution < 1.29 is 19.1 Å². The number of nitrogens with one attached hydrogen (secondary N) is 1. The van der Waals surface area contributed by atoms with E-state index in [1.165, 1.54) is 18.9 Å². The highest BCUT2D eigenvalue weighted by Crippen LogP contribution is 2.35. The van der Waals surface area contributed by atoms with Gasteiger partial charge in [0.05, 0.1) is 12.0 Å². The zero-order chi connectivity index (χ0) is 22.5. The Morgan fingerprint density at radius 3 is 2.65 bits per heavy atom. The number of thiocarbonyl (C=S) groups is 1. The standard InChI is InChI=1S/C23H24N2O4S2/c1-14(2)25-22(27)20(31-23(25)30)12-16-8-9-18(19(11-16)28-4)29-13-21(26)24-17-7-5-6-15(3)10-17/h5-12,14H,13H2,1-4H3,(H,24,26)/b20-12-. The van der Waals surface area contributed by atoms with Gasteiger partial charge in [0.1, 0.15) is 4.32 Å². The van der Waals surface area contributed by atoms with E-state index in [1.54, 1.807) is 29.2 Å². The van der Waals surface area contributed by atoms with E-state index in [-0.39, 0.29) is 24.5 Å². The quantitative estimate of drug-likeness (QED) is 0.484. The van der Waals surface area contributed by atoms with Crippen LogP contribution in [-0.2, 0) is 9.59 Å². The predicted molar refractivity (Wildman–Crippen MR) is 128 cm³/mol. The number of aryl methyl sites for hydroxylation is 1. The van der Waals surface area contributed by atoms with Crippen LogP contribution >= 0.6 is 24.0 Å². The number of nitrogens with zero attached hydrogens (tertiary/aromatic N) is 1. The first kappa shape index (κ1) is 22.8. The second-order valence-electron chi connectivity index (χ2n) is 7.26. The summed E-state index contributed by atoms with van der Waals surface area (Å²) in [5, 5.41) is 2.80. The maximum absolute atomic E-state index is 12.6. The number of carbonyl (C=O) groups is 2. The van der Waals surface area contributed by atoms with Crippen LogP contribution in [0.25, 0.3) is 6.08 Å². The number of amides is 2. The summed E-state index contributed by atoms with van der Waals surface area (Å²) in [4.78, 5) is 26.9. The lowest BCUT2D eigenvalue weighted by molar-refractivity contribution is -0.123. The normalized spacial score (nSPS) is 15.0. The molecule has 2 aromatic rings. The van der Waals surface area contributed by atoms with Crippen molar-refractivity contribution in [3.63, 3.8) is 0 Å². The highest BCUT2D eigenvalue weighted by atomic mass is 32.2. The van der Waals surface area contributed by atoms with Gasteiger partial charge in [-0.25, -0.2) is 0 Å². The second-order valence-corrected chi connectivity index (χ2v) is 8.94. The lowest BCUT2D eigenvalue weighted by atomic mass is 10.1. The number of hydrogen-bond donors (Lipinski definition) is 1. The van der Waals surface area contributed by atoms with Gasteiger partial charge in [-0.2, -0.15) is 0 Å². The highest BCUT2D eigenvalue weighted by Gasteiger charge is 2.33. The number of carbonyl (C=O) groups excluding carboxylic acids is 2. The Morgan fingerprint density at radius 1 is 1.23 bits per heavy atom. The topological polar surface area (TPSA) is 67.9 Å². The molecular weight excluding hydrogens is 432 g/mol. The fourth-order valence-corrected chi connectivity index (χ4v) is 4.56. The van der Waals surface area contributed by atoms with Gasteiger partial charge in [0.15, 0.2) is 18.1 Å². The van der Waals surface area contributed by atoms with E-state index in [0.717, 1.165) is 16.8 Å². The third-order valence-corrected chi connectivity index (χ3v) is 5.82. The number of anilines is 1. The molecule has 0 aliphatic carbocycles. The summed E-state index contributed by atoms with van der Waals surface area (Å²) in [7, 11) is 1.52. The average Bonchev–Trinajstić information content (AvgIpc) is 2.99. The summed E-state index contributed by atoms with van der Waals surface area (Å²) in [5.74, 6) is 0.538. The van der Waals surface area contributed by atoms with Gasteiger partial charge < -0.3 is 14.8 Å². The molecule has 1 aliphatic heterocycles. The van der Waals surface area contributed by atoms with Crippen LogP contribution in [0.15, 0.2) is 47.4 Å². The first-order chi connectivity index (χ1) is 14.8. The summed E-state index contributed by atoms with van der Waals surface area (Å²) >= 11 is 6.60. The molecule has 2 aromatic carbocycles. The zero-order valence-electron chi connectivity index (χ0n) is 17.8. The minimum absolute atomic E-state index is 0.00894. The Hall–Kier alpha value is -2.84. The van der Waals surface area contributed by atoms with Crippen molar-refractivity contribution >= 4 is 51.9 Å².